The highest BCUT2D eigenvalue weighted by atomic mass is 16.5. The minimum absolute atomic E-state index is 0.254. The second-order valence-corrected chi connectivity index (χ2v) is 4.31. The molecule has 0 aliphatic heterocycles. The molecular formula is C14H26O. The van der Waals surface area contributed by atoms with Crippen molar-refractivity contribution in [3.8, 4) is 0 Å². The first-order valence-electron chi connectivity index (χ1n) is 6.01. The van der Waals surface area contributed by atoms with E-state index in [9.17, 15) is 0 Å². The lowest BCUT2D eigenvalue weighted by Gasteiger charge is -2.15. The molecule has 0 N–H and O–H groups in total. The Kier molecular flexibility index (Phi) is 7.41. The van der Waals surface area contributed by atoms with Gasteiger partial charge in [0.05, 0.1) is 12.2 Å². The van der Waals surface area contributed by atoms with E-state index < -0.39 is 0 Å². The highest BCUT2D eigenvalue weighted by molar-refractivity contribution is 5.22. The van der Waals surface area contributed by atoms with Gasteiger partial charge in [-0.1, -0.05) is 37.1 Å². The summed E-state index contributed by atoms with van der Waals surface area (Å²) in [6, 6.07) is 0. The van der Waals surface area contributed by atoms with Crippen LogP contribution in [0.3, 0.4) is 0 Å². The molecule has 0 aliphatic carbocycles. The van der Waals surface area contributed by atoms with Gasteiger partial charge in [-0.15, -0.1) is 0 Å². The third-order valence-corrected chi connectivity index (χ3v) is 2.61. The summed E-state index contributed by atoms with van der Waals surface area (Å²) >= 11 is 0. The Labute approximate surface area is 95.2 Å². The molecule has 1 atom stereocenters. The Morgan fingerprint density at radius 2 is 1.80 bits per heavy atom. The van der Waals surface area contributed by atoms with Gasteiger partial charge in [-0.05, 0) is 40.5 Å². The molecule has 0 saturated carbocycles. The van der Waals surface area contributed by atoms with Crippen LogP contribution in [0.25, 0.3) is 0 Å². The van der Waals surface area contributed by atoms with Crippen molar-refractivity contribution in [3.63, 3.8) is 0 Å². The van der Waals surface area contributed by atoms with Gasteiger partial charge in [0.15, 0.2) is 0 Å². The maximum Gasteiger partial charge on any atom is 0.0759 e. The monoisotopic (exact) mass is 210 g/mol. The fraction of sp³-hybridized carbons (Fsp3) is 0.714. The molecule has 1 heteroatoms. The van der Waals surface area contributed by atoms with Gasteiger partial charge in [-0.2, -0.15) is 0 Å². The van der Waals surface area contributed by atoms with Crippen LogP contribution in [0.15, 0.2) is 23.3 Å². The Balaban J connectivity index is 4.34. The Hall–Kier alpha value is -0.560. The highest BCUT2D eigenvalue weighted by Crippen LogP contribution is 2.11. The Morgan fingerprint density at radius 3 is 2.20 bits per heavy atom. The molecule has 0 rings (SSSR count). The van der Waals surface area contributed by atoms with Gasteiger partial charge in [0, 0.05) is 0 Å². The van der Waals surface area contributed by atoms with Gasteiger partial charge in [-0.3, -0.25) is 0 Å². The minimum atomic E-state index is 0.254. The van der Waals surface area contributed by atoms with Crippen LogP contribution in [0, 0.1) is 0 Å². The van der Waals surface area contributed by atoms with Crippen LogP contribution in [0.4, 0.5) is 0 Å². The van der Waals surface area contributed by atoms with Crippen molar-refractivity contribution in [2.75, 3.05) is 0 Å². The number of allylic oxidation sites excluding steroid dienone is 3. The summed E-state index contributed by atoms with van der Waals surface area (Å²) < 4.78 is 5.75. The summed E-state index contributed by atoms with van der Waals surface area (Å²) in [5, 5.41) is 0. The van der Waals surface area contributed by atoms with Crippen LogP contribution >= 0.6 is 0 Å². The van der Waals surface area contributed by atoms with Gasteiger partial charge in [-0.25, -0.2) is 0 Å². The van der Waals surface area contributed by atoms with E-state index >= 15 is 0 Å². The maximum absolute atomic E-state index is 5.75. The van der Waals surface area contributed by atoms with E-state index in [2.05, 4.69) is 53.7 Å². The summed E-state index contributed by atoms with van der Waals surface area (Å²) in [5.74, 6) is 0. The van der Waals surface area contributed by atoms with Crippen molar-refractivity contribution in [3.05, 3.63) is 23.3 Å². The largest absolute Gasteiger partial charge is 0.372 e. The second kappa shape index (κ2) is 7.70. The summed E-state index contributed by atoms with van der Waals surface area (Å²) in [7, 11) is 0. The first kappa shape index (κ1) is 14.4. The van der Waals surface area contributed by atoms with E-state index in [1.54, 1.807) is 0 Å². The van der Waals surface area contributed by atoms with Crippen LogP contribution in [0.2, 0.25) is 0 Å². The fourth-order valence-electron chi connectivity index (χ4n) is 1.30. The van der Waals surface area contributed by atoms with Gasteiger partial charge < -0.3 is 4.74 Å². The van der Waals surface area contributed by atoms with Crippen LogP contribution < -0.4 is 0 Å². The molecule has 0 aromatic carbocycles. The van der Waals surface area contributed by atoms with E-state index in [0.717, 1.165) is 12.8 Å². The molecule has 0 radical (unpaired) electrons. The van der Waals surface area contributed by atoms with E-state index in [1.807, 2.05) is 0 Å². The molecule has 0 heterocycles. The molecule has 0 aromatic rings. The fourth-order valence-corrected chi connectivity index (χ4v) is 1.30. The van der Waals surface area contributed by atoms with Gasteiger partial charge in [0.25, 0.3) is 0 Å². The van der Waals surface area contributed by atoms with Crippen molar-refractivity contribution in [1.29, 1.82) is 0 Å². The third-order valence-electron chi connectivity index (χ3n) is 2.61. The molecule has 1 unspecified atom stereocenters. The van der Waals surface area contributed by atoms with Crippen LogP contribution in [0.5, 0.6) is 0 Å². The summed E-state index contributed by atoms with van der Waals surface area (Å²) in [5.41, 5.74) is 2.81. The zero-order valence-corrected chi connectivity index (χ0v) is 11.1. The SMILES string of the molecule is CCC(C)=C(C)C=CC(CC)OC(C)C. The van der Waals surface area contributed by atoms with Crippen LogP contribution in [-0.2, 0) is 4.74 Å². The van der Waals surface area contributed by atoms with Crippen molar-refractivity contribution < 1.29 is 4.74 Å². The standard InChI is InChI=1S/C14H26O/c1-7-12(5)13(6)9-10-14(8-2)15-11(3)4/h9-11,14H,7-8H2,1-6H3. The molecule has 88 valence electrons. The molecule has 0 aromatic heterocycles. The molecule has 0 bridgehead atoms. The van der Waals surface area contributed by atoms with E-state index in [0.29, 0.717) is 6.10 Å². The molecule has 0 amide bonds. The zero-order valence-electron chi connectivity index (χ0n) is 11.1. The molecular weight excluding hydrogens is 184 g/mol. The van der Waals surface area contributed by atoms with Gasteiger partial charge in [0.1, 0.15) is 0 Å². The lowest BCUT2D eigenvalue weighted by atomic mass is 10.1. The van der Waals surface area contributed by atoms with E-state index in [1.165, 1.54) is 11.1 Å². The smallest absolute Gasteiger partial charge is 0.0759 e. The second-order valence-electron chi connectivity index (χ2n) is 4.31. The van der Waals surface area contributed by atoms with Crippen molar-refractivity contribution in [2.45, 2.75) is 66.6 Å². The number of hydrogen-bond acceptors (Lipinski definition) is 1. The van der Waals surface area contributed by atoms with E-state index in [-0.39, 0.29) is 6.10 Å². The van der Waals surface area contributed by atoms with Gasteiger partial charge >= 0.3 is 0 Å². The summed E-state index contributed by atoms with van der Waals surface area (Å²) in [6.07, 6.45) is 7.08. The Bertz CT molecular complexity index is 223. The van der Waals surface area contributed by atoms with Crippen LogP contribution in [-0.4, -0.2) is 12.2 Å². The summed E-state index contributed by atoms with van der Waals surface area (Å²) in [6.45, 7) is 12.9. The zero-order chi connectivity index (χ0) is 11.8. The lowest BCUT2D eigenvalue weighted by Crippen LogP contribution is -2.14. The normalized spacial score (nSPS) is 15.9. The van der Waals surface area contributed by atoms with Crippen molar-refractivity contribution >= 4 is 0 Å². The highest BCUT2D eigenvalue weighted by Gasteiger charge is 2.03. The average molecular weight is 210 g/mol. The number of hydrogen-bond donors (Lipinski definition) is 0. The molecule has 1 nitrogen and oxygen atoms in total. The van der Waals surface area contributed by atoms with Crippen LogP contribution in [0.1, 0.15) is 54.4 Å². The number of ether oxygens (including phenoxy) is 1. The molecule has 15 heavy (non-hydrogen) atoms. The molecule has 0 aliphatic rings. The lowest BCUT2D eigenvalue weighted by molar-refractivity contribution is 0.0337. The van der Waals surface area contributed by atoms with Gasteiger partial charge in [0.2, 0.25) is 0 Å². The molecule has 0 saturated heterocycles. The molecule has 0 spiro atoms. The first-order valence-corrected chi connectivity index (χ1v) is 6.01. The van der Waals surface area contributed by atoms with Crippen molar-refractivity contribution in [2.24, 2.45) is 0 Å². The maximum atomic E-state index is 5.75. The predicted octanol–water partition coefficient (Wildman–Crippen LogP) is 4.49. The third kappa shape index (κ3) is 6.51. The van der Waals surface area contributed by atoms with Crippen molar-refractivity contribution in [1.82, 2.24) is 0 Å². The average Bonchev–Trinajstić information content (AvgIpc) is 2.21. The Morgan fingerprint density at radius 1 is 1.20 bits per heavy atom. The first-order chi connectivity index (χ1) is 7.01. The topological polar surface area (TPSA) is 9.23 Å². The quantitative estimate of drug-likeness (QED) is 0.587. The molecule has 0 fully saturated rings. The van der Waals surface area contributed by atoms with E-state index in [4.69, 9.17) is 4.74 Å². The summed E-state index contributed by atoms with van der Waals surface area (Å²) in [4.78, 5) is 0. The minimum Gasteiger partial charge on any atom is -0.372 e. The number of rotatable bonds is 6. The predicted molar refractivity (Wildman–Crippen MR) is 68.1 cm³/mol.